The maximum atomic E-state index is 15.0. The fourth-order valence-electron chi connectivity index (χ4n) is 10.3. The second-order valence-corrected chi connectivity index (χ2v) is 19.3. The van der Waals surface area contributed by atoms with E-state index in [0.717, 1.165) is 95.7 Å². The van der Waals surface area contributed by atoms with Crippen LogP contribution in [0.4, 0.5) is 14.9 Å². The number of rotatable bonds is 14. The van der Waals surface area contributed by atoms with Gasteiger partial charge in [0.1, 0.15) is 11.1 Å². The quantitative estimate of drug-likeness (QED) is 0.267. The number of amides is 2. The van der Waals surface area contributed by atoms with E-state index in [2.05, 4.69) is 26.1 Å². The number of halogens is 1. The molecule has 0 aromatic heterocycles. The molecular weight excluding hydrogens is 720 g/mol. The fourth-order valence-corrected chi connectivity index (χ4v) is 12.0. The standard InChI is InChI=1S/C42H59FN6O5S/c1-45(2)19-7-12-40(50)49-28-37(29-49)55(53,54)36-15-13-35(14-16-36)48-26-31(27-48)25-46-22-17-32(18-23-46)42(30-47-20-3-4-21-47,33-8-5-9-34(43)24-33)38-10-6-11-39(38)44-41(51)52/h5,7-9,12-16,24,31-32,37-39,44H,3-4,6,10-11,17-23,25-30H2,1-2H3,(H,51,52)/b12-7+/t38-,39-,42-/m0/s1. The van der Waals surface area contributed by atoms with Crippen LogP contribution in [0.5, 0.6) is 0 Å². The third-order valence-corrected chi connectivity index (χ3v) is 15.3. The van der Waals surface area contributed by atoms with Gasteiger partial charge in [-0.3, -0.25) is 4.79 Å². The number of nitrogens with one attached hydrogen (secondary N) is 1. The summed E-state index contributed by atoms with van der Waals surface area (Å²) in [4.78, 5) is 35.6. The first kappa shape index (κ1) is 39.7. The maximum absolute atomic E-state index is 15.0. The number of benzene rings is 2. The lowest BCUT2D eigenvalue weighted by Gasteiger charge is -2.52. The highest BCUT2D eigenvalue weighted by Crippen LogP contribution is 2.51. The summed E-state index contributed by atoms with van der Waals surface area (Å²) in [7, 11) is 0.326. The van der Waals surface area contributed by atoms with Crippen LogP contribution in [0.2, 0.25) is 0 Å². The van der Waals surface area contributed by atoms with Crippen LogP contribution in [0, 0.1) is 23.6 Å². The number of sulfone groups is 1. The topological polar surface area (TPSA) is 117 Å². The molecule has 0 spiro atoms. The number of hydrogen-bond acceptors (Lipinski definition) is 8. The van der Waals surface area contributed by atoms with E-state index in [9.17, 15) is 23.1 Å². The van der Waals surface area contributed by atoms with Crippen LogP contribution < -0.4 is 10.2 Å². The molecule has 4 saturated heterocycles. The summed E-state index contributed by atoms with van der Waals surface area (Å²) < 4.78 is 41.6. The molecule has 7 rings (SSSR count). The van der Waals surface area contributed by atoms with Crippen molar-refractivity contribution in [1.29, 1.82) is 0 Å². The van der Waals surface area contributed by atoms with E-state index in [0.29, 0.717) is 23.3 Å². The average molecular weight is 779 g/mol. The first-order valence-corrected chi connectivity index (χ1v) is 21.9. The summed E-state index contributed by atoms with van der Waals surface area (Å²) in [6.07, 6.45) is 9.38. The molecule has 55 heavy (non-hydrogen) atoms. The number of carbonyl (C=O) groups excluding carboxylic acids is 1. The van der Waals surface area contributed by atoms with Gasteiger partial charge in [-0.15, -0.1) is 0 Å². The summed E-state index contributed by atoms with van der Waals surface area (Å²) in [5.41, 5.74) is 1.71. The van der Waals surface area contributed by atoms with Crippen molar-refractivity contribution in [2.45, 2.75) is 66.5 Å². The van der Waals surface area contributed by atoms with Gasteiger partial charge in [0, 0.05) is 75.0 Å². The number of carbonyl (C=O) groups is 2. The SMILES string of the molecule is CN(C)C/C=C/C(=O)N1CC(S(=O)(=O)c2ccc(N3CC(CN4CCC([C@@](CN5CCCC5)(c5cccc(F)c5)[C@H]5CCC[C@@H]5NC(=O)O)CC4)C3)cc2)C1. The largest absolute Gasteiger partial charge is 0.465 e. The van der Waals surface area contributed by atoms with E-state index < -0.39 is 21.2 Å². The molecule has 2 aromatic carbocycles. The van der Waals surface area contributed by atoms with Crippen molar-refractivity contribution in [1.82, 2.24) is 24.9 Å². The molecule has 5 fully saturated rings. The monoisotopic (exact) mass is 778 g/mol. The van der Waals surface area contributed by atoms with Crippen LogP contribution in [0.1, 0.15) is 50.5 Å². The van der Waals surface area contributed by atoms with Gasteiger partial charge in [0.15, 0.2) is 9.84 Å². The minimum atomic E-state index is -3.52. The summed E-state index contributed by atoms with van der Waals surface area (Å²) >= 11 is 0. The molecule has 300 valence electrons. The van der Waals surface area contributed by atoms with Gasteiger partial charge in [-0.05, 0) is 133 Å². The van der Waals surface area contributed by atoms with Gasteiger partial charge < -0.3 is 34.9 Å². The Morgan fingerprint density at radius 2 is 1.64 bits per heavy atom. The van der Waals surface area contributed by atoms with Gasteiger partial charge in [-0.25, -0.2) is 17.6 Å². The number of nitrogens with zero attached hydrogens (tertiary/aromatic N) is 5. The Bertz CT molecular complexity index is 1780. The van der Waals surface area contributed by atoms with Crippen LogP contribution >= 0.6 is 0 Å². The molecule has 1 aliphatic carbocycles. The molecule has 11 nitrogen and oxygen atoms in total. The van der Waals surface area contributed by atoms with Crippen molar-refractivity contribution in [3.05, 3.63) is 72.1 Å². The Kier molecular flexibility index (Phi) is 12.2. The molecule has 2 N–H and O–H groups in total. The highest BCUT2D eigenvalue weighted by atomic mass is 32.2. The van der Waals surface area contributed by atoms with Gasteiger partial charge in [0.2, 0.25) is 5.91 Å². The Balaban J connectivity index is 0.949. The van der Waals surface area contributed by atoms with E-state index in [1.807, 2.05) is 37.2 Å². The summed E-state index contributed by atoms with van der Waals surface area (Å²) in [6.45, 7) is 8.76. The van der Waals surface area contributed by atoms with Crippen molar-refractivity contribution in [2.75, 3.05) is 91.0 Å². The van der Waals surface area contributed by atoms with Crippen molar-refractivity contribution in [2.24, 2.45) is 17.8 Å². The third kappa shape index (κ3) is 8.74. The lowest BCUT2D eigenvalue weighted by molar-refractivity contribution is -0.129. The Morgan fingerprint density at radius 1 is 0.927 bits per heavy atom. The van der Waals surface area contributed by atoms with E-state index in [1.165, 1.54) is 25.0 Å². The molecule has 2 aromatic rings. The summed E-state index contributed by atoms with van der Waals surface area (Å²) in [6, 6.07) is 14.3. The first-order chi connectivity index (χ1) is 26.4. The smallest absolute Gasteiger partial charge is 0.404 e. The number of hydrogen-bond donors (Lipinski definition) is 2. The summed E-state index contributed by atoms with van der Waals surface area (Å²) in [5, 5.41) is 12.1. The lowest BCUT2D eigenvalue weighted by Crippen LogP contribution is -2.58. The van der Waals surface area contributed by atoms with Crippen molar-refractivity contribution in [3.63, 3.8) is 0 Å². The fraction of sp³-hybridized carbons (Fsp3) is 0.619. The number of piperidine rings is 1. The maximum Gasteiger partial charge on any atom is 0.404 e. The molecular formula is C42H59FN6O5S. The second-order valence-electron chi connectivity index (χ2n) is 17.0. The van der Waals surface area contributed by atoms with E-state index in [1.54, 1.807) is 29.2 Å². The molecule has 0 unspecified atom stereocenters. The van der Waals surface area contributed by atoms with E-state index >= 15 is 4.39 Å². The molecule has 5 aliphatic rings. The van der Waals surface area contributed by atoms with Crippen LogP contribution in [-0.2, 0) is 20.0 Å². The molecule has 4 heterocycles. The predicted molar refractivity (Wildman–Crippen MR) is 213 cm³/mol. The highest BCUT2D eigenvalue weighted by molar-refractivity contribution is 7.92. The number of carboxylic acid groups (broad SMARTS) is 1. The molecule has 13 heteroatoms. The Labute approximate surface area is 326 Å². The van der Waals surface area contributed by atoms with Gasteiger partial charge in [-0.1, -0.05) is 24.6 Å². The van der Waals surface area contributed by atoms with Crippen LogP contribution in [0.3, 0.4) is 0 Å². The van der Waals surface area contributed by atoms with Crippen LogP contribution in [0.25, 0.3) is 0 Å². The summed E-state index contributed by atoms with van der Waals surface area (Å²) in [5.74, 6) is 0.560. The lowest BCUT2D eigenvalue weighted by atomic mass is 9.58. The zero-order valence-corrected chi connectivity index (χ0v) is 33.3. The van der Waals surface area contributed by atoms with Gasteiger partial charge in [0.05, 0.1) is 4.90 Å². The number of anilines is 1. The second kappa shape index (κ2) is 16.9. The highest BCUT2D eigenvalue weighted by Gasteiger charge is 2.53. The predicted octanol–water partition coefficient (Wildman–Crippen LogP) is 4.55. The normalized spacial score (nSPS) is 24.7. The third-order valence-electron chi connectivity index (χ3n) is 13.2. The van der Waals surface area contributed by atoms with Crippen molar-refractivity contribution >= 4 is 27.5 Å². The zero-order chi connectivity index (χ0) is 38.7. The molecule has 3 atom stereocenters. The molecule has 4 aliphatic heterocycles. The van der Waals surface area contributed by atoms with Crippen molar-refractivity contribution in [3.8, 4) is 0 Å². The van der Waals surface area contributed by atoms with Gasteiger partial charge >= 0.3 is 6.09 Å². The Morgan fingerprint density at radius 3 is 2.29 bits per heavy atom. The number of likely N-dealkylation sites (N-methyl/N-ethyl adjacent to an activating group) is 1. The van der Waals surface area contributed by atoms with Gasteiger partial charge in [-0.2, -0.15) is 0 Å². The van der Waals surface area contributed by atoms with Crippen LogP contribution in [0.15, 0.2) is 65.6 Å². The minimum absolute atomic E-state index is 0.109. The molecule has 0 bridgehead atoms. The Hall–Kier alpha value is -3.52. The zero-order valence-electron chi connectivity index (χ0n) is 32.5. The number of likely N-dealkylation sites (tertiary alicyclic amines) is 3. The first-order valence-electron chi connectivity index (χ1n) is 20.3. The molecule has 0 radical (unpaired) electrons. The molecule has 1 saturated carbocycles. The minimum Gasteiger partial charge on any atom is -0.465 e. The average Bonchev–Trinajstić information content (AvgIpc) is 3.80. The van der Waals surface area contributed by atoms with E-state index in [-0.39, 0.29) is 42.2 Å². The van der Waals surface area contributed by atoms with Crippen LogP contribution in [-0.4, -0.2) is 143 Å². The van der Waals surface area contributed by atoms with E-state index in [4.69, 9.17) is 0 Å². The van der Waals surface area contributed by atoms with Crippen molar-refractivity contribution < 1.29 is 27.5 Å². The molecule has 2 amide bonds. The van der Waals surface area contributed by atoms with Gasteiger partial charge in [0.25, 0.3) is 0 Å².